The summed E-state index contributed by atoms with van der Waals surface area (Å²) in [5.41, 5.74) is 1.52. The highest BCUT2D eigenvalue weighted by atomic mass is 35.5. The van der Waals surface area contributed by atoms with Crippen LogP contribution in [0.1, 0.15) is 24.1 Å². The Hall–Kier alpha value is -1.87. The van der Waals surface area contributed by atoms with Crippen molar-refractivity contribution in [1.82, 2.24) is 9.55 Å². The summed E-state index contributed by atoms with van der Waals surface area (Å²) >= 11 is 6.01. The van der Waals surface area contributed by atoms with Crippen molar-refractivity contribution in [3.63, 3.8) is 0 Å². The molecular weight excluding hydrogens is 272 g/mol. The second kappa shape index (κ2) is 7.06. The number of benzene rings is 1. The molecule has 0 amide bonds. The van der Waals surface area contributed by atoms with Crippen LogP contribution in [0.25, 0.3) is 0 Å². The van der Waals surface area contributed by atoms with E-state index in [1.54, 1.807) is 10.8 Å². The van der Waals surface area contributed by atoms with E-state index in [1.807, 2.05) is 36.4 Å². The standard InChI is InChI=1S/C16H17ClN2O/c1-2-3-5-10-14-16(20)19(12-15(17)18-14)11-13-8-6-4-7-9-13/h2,4,6-9,12H,1,3,5,10-11H2. The summed E-state index contributed by atoms with van der Waals surface area (Å²) in [5.74, 6) is 0. The number of hydrogen-bond acceptors (Lipinski definition) is 2. The Bertz CT molecular complexity index is 635. The van der Waals surface area contributed by atoms with Crippen LogP contribution < -0.4 is 5.56 Å². The zero-order chi connectivity index (χ0) is 14.4. The topological polar surface area (TPSA) is 34.9 Å². The molecule has 0 saturated carbocycles. The summed E-state index contributed by atoms with van der Waals surface area (Å²) in [6.07, 6.45) is 5.78. The Kier molecular flexibility index (Phi) is 5.13. The van der Waals surface area contributed by atoms with Crippen LogP contribution in [-0.4, -0.2) is 9.55 Å². The molecule has 0 bridgehead atoms. The first-order valence-electron chi connectivity index (χ1n) is 6.61. The minimum Gasteiger partial charge on any atom is -0.306 e. The lowest BCUT2D eigenvalue weighted by atomic mass is 10.2. The number of nitrogens with zero attached hydrogens (tertiary/aromatic N) is 2. The van der Waals surface area contributed by atoms with E-state index in [1.165, 1.54) is 0 Å². The lowest BCUT2D eigenvalue weighted by Gasteiger charge is -2.08. The fourth-order valence-corrected chi connectivity index (χ4v) is 2.25. The van der Waals surface area contributed by atoms with Crippen LogP contribution in [0.2, 0.25) is 5.15 Å². The molecule has 20 heavy (non-hydrogen) atoms. The molecule has 4 heteroatoms. The molecule has 104 valence electrons. The van der Waals surface area contributed by atoms with Gasteiger partial charge in [0.05, 0.1) is 6.54 Å². The van der Waals surface area contributed by atoms with Gasteiger partial charge in [0, 0.05) is 6.20 Å². The van der Waals surface area contributed by atoms with Crippen LogP contribution in [-0.2, 0) is 13.0 Å². The average Bonchev–Trinajstić information content (AvgIpc) is 2.45. The fraction of sp³-hybridized carbons (Fsp3) is 0.250. The molecule has 0 radical (unpaired) electrons. The van der Waals surface area contributed by atoms with E-state index in [2.05, 4.69) is 11.6 Å². The Morgan fingerprint density at radius 3 is 2.75 bits per heavy atom. The van der Waals surface area contributed by atoms with E-state index in [4.69, 9.17) is 11.6 Å². The van der Waals surface area contributed by atoms with Gasteiger partial charge >= 0.3 is 0 Å². The van der Waals surface area contributed by atoms with Crippen molar-refractivity contribution in [2.24, 2.45) is 0 Å². The van der Waals surface area contributed by atoms with Gasteiger partial charge in [0.2, 0.25) is 0 Å². The third kappa shape index (κ3) is 3.81. The summed E-state index contributed by atoms with van der Waals surface area (Å²) in [4.78, 5) is 16.5. The highest BCUT2D eigenvalue weighted by Gasteiger charge is 2.08. The number of hydrogen-bond donors (Lipinski definition) is 0. The van der Waals surface area contributed by atoms with E-state index in [0.29, 0.717) is 23.8 Å². The number of aromatic nitrogens is 2. The molecule has 1 aromatic heterocycles. The Morgan fingerprint density at radius 2 is 2.05 bits per heavy atom. The van der Waals surface area contributed by atoms with E-state index in [-0.39, 0.29) is 5.56 Å². The van der Waals surface area contributed by atoms with E-state index in [9.17, 15) is 4.79 Å². The number of allylic oxidation sites excluding steroid dienone is 1. The molecule has 0 atom stereocenters. The Balaban J connectivity index is 2.24. The van der Waals surface area contributed by atoms with Gasteiger partial charge in [-0.1, -0.05) is 48.0 Å². The number of halogens is 1. The zero-order valence-electron chi connectivity index (χ0n) is 11.3. The predicted molar refractivity (Wildman–Crippen MR) is 82.2 cm³/mol. The fourth-order valence-electron chi connectivity index (χ4n) is 2.03. The maximum Gasteiger partial charge on any atom is 0.272 e. The van der Waals surface area contributed by atoms with Crippen LogP contribution >= 0.6 is 11.6 Å². The smallest absolute Gasteiger partial charge is 0.272 e. The predicted octanol–water partition coefficient (Wildman–Crippen LogP) is 3.45. The lowest BCUT2D eigenvalue weighted by molar-refractivity contribution is 0.708. The average molecular weight is 289 g/mol. The molecule has 1 heterocycles. The third-order valence-electron chi connectivity index (χ3n) is 3.03. The molecule has 0 unspecified atom stereocenters. The quantitative estimate of drug-likeness (QED) is 0.603. The second-order valence-corrected chi connectivity index (χ2v) is 5.00. The van der Waals surface area contributed by atoms with E-state index >= 15 is 0 Å². The van der Waals surface area contributed by atoms with Gasteiger partial charge in [-0.25, -0.2) is 4.98 Å². The minimum absolute atomic E-state index is 0.0673. The zero-order valence-corrected chi connectivity index (χ0v) is 12.0. The molecule has 2 rings (SSSR count). The molecule has 2 aromatic rings. The molecule has 0 spiro atoms. The number of unbranched alkanes of at least 4 members (excludes halogenated alkanes) is 1. The van der Waals surface area contributed by atoms with Crippen molar-refractivity contribution in [3.8, 4) is 0 Å². The van der Waals surface area contributed by atoms with Crippen molar-refractivity contribution in [2.75, 3.05) is 0 Å². The van der Waals surface area contributed by atoms with Gasteiger partial charge in [-0.05, 0) is 24.8 Å². The summed E-state index contributed by atoms with van der Waals surface area (Å²) in [6.45, 7) is 4.19. The molecule has 0 aliphatic heterocycles. The summed E-state index contributed by atoms with van der Waals surface area (Å²) in [7, 11) is 0. The molecule has 1 aromatic carbocycles. The monoisotopic (exact) mass is 288 g/mol. The molecule has 0 N–H and O–H groups in total. The Labute approximate surface area is 123 Å². The van der Waals surface area contributed by atoms with E-state index in [0.717, 1.165) is 18.4 Å². The minimum atomic E-state index is -0.0673. The van der Waals surface area contributed by atoms with Gasteiger partial charge in [0.1, 0.15) is 10.8 Å². The summed E-state index contributed by atoms with van der Waals surface area (Å²) in [5, 5.41) is 0.356. The van der Waals surface area contributed by atoms with Crippen molar-refractivity contribution in [2.45, 2.75) is 25.8 Å². The van der Waals surface area contributed by atoms with E-state index < -0.39 is 0 Å². The largest absolute Gasteiger partial charge is 0.306 e. The van der Waals surface area contributed by atoms with Crippen LogP contribution in [0.3, 0.4) is 0 Å². The summed E-state index contributed by atoms with van der Waals surface area (Å²) in [6, 6.07) is 9.82. The summed E-state index contributed by atoms with van der Waals surface area (Å²) < 4.78 is 1.62. The van der Waals surface area contributed by atoms with Crippen molar-refractivity contribution < 1.29 is 0 Å². The van der Waals surface area contributed by atoms with Crippen LogP contribution in [0.15, 0.2) is 54.0 Å². The van der Waals surface area contributed by atoms with Gasteiger partial charge in [-0.2, -0.15) is 0 Å². The van der Waals surface area contributed by atoms with Gasteiger partial charge in [0.25, 0.3) is 5.56 Å². The van der Waals surface area contributed by atoms with Gasteiger partial charge in [-0.15, -0.1) is 6.58 Å². The molecule has 0 saturated heterocycles. The molecule has 0 aliphatic carbocycles. The third-order valence-corrected chi connectivity index (χ3v) is 3.21. The second-order valence-electron chi connectivity index (χ2n) is 4.61. The highest BCUT2D eigenvalue weighted by Crippen LogP contribution is 2.07. The van der Waals surface area contributed by atoms with Crippen LogP contribution in [0.4, 0.5) is 0 Å². The van der Waals surface area contributed by atoms with Gasteiger partial charge in [-0.3, -0.25) is 4.79 Å². The van der Waals surface area contributed by atoms with Gasteiger partial charge in [0.15, 0.2) is 0 Å². The van der Waals surface area contributed by atoms with Crippen molar-refractivity contribution in [3.05, 3.63) is 75.9 Å². The molecule has 0 aliphatic rings. The van der Waals surface area contributed by atoms with Crippen LogP contribution in [0, 0.1) is 0 Å². The molecule has 0 fully saturated rings. The van der Waals surface area contributed by atoms with Crippen molar-refractivity contribution >= 4 is 11.6 Å². The molecular formula is C16H17ClN2O. The van der Waals surface area contributed by atoms with Gasteiger partial charge < -0.3 is 4.57 Å². The first kappa shape index (κ1) is 14.5. The number of rotatable bonds is 6. The van der Waals surface area contributed by atoms with Crippen LogP contribution in [0.5, 0.6) is 0 Å². The first-order chi connectivity index (χ1) is 9.70. The SMILES string of the molecule is C=CCCCc1nc(Cl)cn(Cc2ccccc2)c1=O. The maximum absolute atomic E-state index is 12.3. The number of aryl methyl sites for hydroxylation is 1. The highest BCUT2D eigenvalue weighted by molar-refractivity contribution is 6.29. The normalized spacial score (nSPS) is 10.4. The Morgan fingerprint density at radius 1 is 1.30 bits per heavy atom. The molecule has 3 nitrogen and oxygen atoms in total. The lowest BCUT2D eigenvalue weighted by Crippen LogP contribution is -2.25. The van der Waals surface area contributed by atoms with Crippen molar-refractivity contribution in [1.29, 1.82) is 0 Å². The first-order valence-corrected chi connectivity index (χ1v) is 6.99. The maximum atomic E-state index is 12.3.